The summed E-state index contributed by atoms with van der Waals surface area (Å²) in [6.07, 6.45) is 0.214. The first kappa shape index (κ1) is 12.4. The number of hydrogen-bond acceptors (Lipinski definition) is 2. The van der Waals surface area contributed by atoms with E-state index in [1.165, 1.54) is 16.7 Å². The Hall–Kier alpha value is -1.64. The summed E-state index contributed by atoms with van der Waals surface area (Å²) >= 11 is 0. The van der Waals surface area contributed by atoms with Crippen LogP contribution in [0.25, 0.3) is 0 Å². The van der Waals surface area contributed by atoms with Gasteiger partial charge in [-0.25, -0.2) is 0 Å². The van der Waals surface area contributed by atoms with Gasteiger partial charge in [-0.2, -0.15) is 0 Å². The van der Waals surface area contributed by atoms with Crippen molar-refractivity contribution in [1.82, 2.24) is 4.90 Å². The van der Waals surface area contributed by atoms with Gasteiger partial charge in [0.05, 0.1) is 6.10 Å². The van der Waals surface area contributed by atoms with Crippen LogP contribution in [0.1, 0.15) is 22.8 Å². The van der Waals surface area contributed by atoms with E-state index in [9.17, 15) is 0 Å². The molecule has 0 saturated carbocycles. The van der Waals surface area contributed by atoms with Crippen molar-refractivity contribution in [3.8, 4) is 0 Å². The molecular formula is C17H19NO. The van der Waals surface area contributed by atoms with E-state index < -0.39 is 0 Å². The second-order valence-corrected chi connectivity index (χ2v) is 5.19. The minimum Gasteiger partial charge on any atom is -0.357 e. The summed E-state index contributed by atoms with van der Waals surface area (Å²) in [5.41, 5.74) is 3.93. The quantitative estimate of drug-likeness (QED) is 0.829. The molecule has 1 fully saturated rings. The lowest BCUT2D eigenvalue weighted by atomic mass is 10.1. The Labute approximate surface area is 114 Å². The van der Waals surface area contributed by atoms with Gasteiger partial charge in [-0.05, 0) is 18.1 Å². The highest BCUT2D eigenvalue weighted by Gasteiger charge is 2.24. The molecule has 1 unspecified atom stereocenters. The van der Waals surface area contributed by atoms with E-state index in [0.29, 0.717) is 6.73 Å². The molecule has 1 atom stereocenters. The van der Waals surface area contributed by atoms with Crippen LogP contribution in [0, 0.1) is 6.92 Å². The van der Waals surface area contributed by atoms with Gasteiger partial charge in [0.25, 0.3) is 0 Å². The van der Waals surface area contributed by atoms with Crippen molar-refractivity contribution in [3.63, 3.8) is 0 Å². The Morgan fingerprint density at radius 1 is 1.05 bits per heavy atom. The van der Waals surface area contributed by atoms with E-state index in [1.54, 1.807) is 0 Å². The van der Waals surface area contributed by atoms with Crippen LogP contribution in [0.5, 0.6) is 0 Å². The molecule has 19 heavy (non-hydrogen) atoms. The van der Waals surface area contributed by atoms with Crippen LogP contribution in [-0.4, -0.2) is 18.2 Å². The lowest BCUT2D eigenvalue weighted by Crippen LogP contribution is -2.19. The summed E-state index contributed by atoms with van der Waals surface area (Å²) in [4.78, 5) is 2.35. The molecule has 1 saturated heterocycles. The number of ether oxygens (including phenoxy) is 1. The van der Waals surface area contributed by atoms with E-state index in [0.717, 1.165) is 13.1 Å². The van der Waals surface area contributed by atoms with Crippen molar-refractivity contribution in [1.29, 1.82) is 0 Å². The zero-order valence-electron chi connectivity index (χ0n) is 11.3. The monoisotopic (exact) mass is 253 g/mol. The molecular weight excluding hydrogens is 234 g/mol. The molecule has 3 rings (SSSR count). The minimum atomic E-state index is 0.214. The fourth-order valence-electron chi connectivity index (χ4n) is 2.47. The largest absolute Gasteiger partial charge is 0.357 e. The van der Waals surface area contributed by atoms with Crippen molar-refractivity contribution in [2.75, 3.05) is 13.3 Å². The zero-order chi connectivity index (χ0) is 13.1. The van der Waals surface area contributed by atoms with Crippen LogP contribution in [-0.2, 0) is 11.3 Å². The lowest BCUT2D eigenvalue weighted by Gasteiger charge is -2.13. The SMILES string of the molecule is Cc1ccc(CN2COC(c3ccccc3)C2)cc1. The van der Waals surface area contributed by atoms with Gasteiger partial charge >= 0.3 is 0 Å². The van der Waals surface area contributed by atoms with Crippen LogP contribution in [0.15, 0.2) is 54.6 Å². The summed E-state index contributed by atoms with van der Waals surface area (Å²) in [5.74, 6) is 0. The number of benzene rings is 2. The predicted molar refractivity (Wildman–Crippen MR) is 76.7 cm³/mol. The minimum absolute atomic E-state index is 0.214. The molecule has 2 aromatic rings. The third-order valence-corrected chi connectivity index (χ3v) is 3.58. The highest BCUT2D eigenvalue weighted by atomic mass is 16.5. The first-order valence-electron chi connectivity index (χ1n) is 6.76. The molecule has 2 heteroatoms. The molecule has 0 radical (unpaired) electrons. The summed E-state index contributed by atoms with van der Waals surface area (Å²) in [5, 5.41) is 0. The Kier molecular flexibility index (Phi) is 3.62. The van der Waals surface area contributed by atoms with E-state index in [4.69, 9.17) is 4.74 Å². The zero-order valence-corrected chi connectivity index (χ0v) is 11.3. The van der Waals surface area contributed by atoms with Gasteiger partial charge in [0.15, 0.2) is 0 Å². The van der Waals surface area contributed by atoms with E-state index >= 15 is 0 Å². The average Bonchev–Trinajstić information content (AvgIpc) is 2.91. The first-order valence-corrected chi connectivity index (χ1v) is 6.76. The number of hydrogen-bond donors (Lipinski definition) is 0. The van der Waals surface area contributed by atoms with E-state index in [2.05, 4.69) is 60.4 Å². The topological polar surface area (TPSA) is 12.5 Å². The van der Waals surface area contributed by atoms with Gasteiger partial charge in [0.1, 0.15) is 6.73 Å². The molecule has 0 bridgehead atoms. The number of nitrogens with zero attached hydrogens (tertiary/aromatic N) is 1. The Morgan fingerprint density at radius 2 is 1.79 bits per heavy atom. The van der Waals surface area contributed by atoms with Gasteiger partial charge in [0.2, 0.25) is 0 Å². The summed E-state index contributed by atoms with van der Waals surface area (Å²) in [6.45, 7) is 4.77. The standard InChI is InChI=1S/C17H19NO/c1-14-7-9-15(10-8-14)11-18-12-17(19-13-18)16-5-3-2-4-6-16/h2-10,17H,11-13H2,1H3. The number of aryl methyl sites for hydroxylation is 1. The van der Waals surface area contributed by atoms with Crippen LogP contribution in [0.4, 0.5) is 0 Å². The normalized spacial score (nSPS) is 19.7. The van der Waals surface area contributed by atoms with Crippen LogP contribution >= 0.6 is 0 Å². The fourth-order valence-corrected chi connectivity index (χ4v) is 2.47. The second-order valence-electron chi connectivity index (χ2n) is 5.19. The van der Waals surface area contributed by atoms with Crippen LogP contribution in [0.2, 0.25) is 0 Å². The molecule has 1 aliphatic rings. The third kappa shape index (κ3) is 3.03. The smallest absolute Gasteiger partial charge is 0.100 e. The van der Waals surface area contributed by atoms with Crippen LogP contribution in [0.3, 0.4) is 0 Å². The summed E-state index contributed by atoms with van der Waals surface area (Å²) < 4.78 is 5.87. The van der Waals surface area contributed by atoms with E-state index in [-0.39, 0.29) is 6.10 Å². The molecule has 0 amide bonds. The lowest BCUT2D eigenvalue weighted by molar-refractivity contribution is 0.0880. The fraction of sp³-hybridized carbons (Fsp3) is 0.294. The van der Waals surface area contributed by atoms with Crippen molar-refractivity contribution in [2.45, 2.75) is 19.6 Å². The summed E-state index contributed by atoms with van der Waals surface area (Å²) in [6, 6.07) is 19.2. The molecule has 0 aliphatic carbocycles. The molecule has 98 valence electrons. The Bertz CT molecular complexity index is 521. The molecule has 1 aliphatic heterocycles. The molecule has 2 aromatic carbocycles. The van der Waals surface area contributed by atoms with Crippen molar-refractivity contribution in [3.05, 3.63) is 71.3 Å². The van der Waals surface area contributed by atoms with Gasteiger partial charge < -0.3 is 4.74 Å². The average molecular weight is 253 g/mol. The third-order valence-electron chi connectivity index (χ3n) is 3.58. The van der Waals surface area contributed by atoms with Gasteiger partial charge in [-0.15, -0.1) is 0 Å². The van der Waals surface area contributed by atoms with Crippen molar-refractivity contribution < 1.29 is 4.74 Å². The molecule has 0 spiro atoms. The molecule has 0 aromatic heterocycles. The van der Waals surface area contributed by atoms with Crippen LogP contribution < -0.4 is 0 Å². The van der Waals surface area contributed by atoms with Gasteiger partial charge in [-0.3, -0.25) is 4.90 Å². The molecule has 1 heterocycles. The summed E-state index contributed by atoms with van der Waals surface area (Å²) in [7, 11) is 0. The highest BCUT2D eigenvalue weighted by molar-refractivity contribution is 5.22. The highest BCUT2D eigenvalue weighted by Crippen LogP contribution is 2.25. The molecule has 2 nitrogen and oxygen atoms in total. The predicted octanol–water partition coefficient (Wildman–Crippen LogP) is 3.53. The maximum absolute atomic E-state index is 5.87. The first-order chi connectivity index (χ1) is 9.31. The van der Waals surface area contributed by atoms with E-state index in [1.807, 2.05) is 6.07 Å². The maximum atomic E-state index is 5.87. The second kappa shape index (κ2) is 5.55. The Morgan fingerprint density at radius 3 is 2.53 bits per heavy atom. The van der Waals surface area contributed by atoms with Crippen molar-refractivity contribution >= 4 is 0 Å². The maximum Gasteiger partial charge on any atom is 0.100 e. The number of rotatable bonds is 3. The van der Waals surface area contributed by atoms with Crippen molar-refractivity contribution in [2.24, 2.45) is 0 Å². The van der Waals surface area contributed by atoms with Gasteiger partial charge in [0, 0.05) is 13.1 Å². The van der Waals surface area contributed by atoms with Gasteiger partial charge in [-0.1, -0.05) is 60.2 Å². The Balaban J connectivity index is 1.62. The molecule has 0 N–H and O–H groups in total.